The molecule has 1 atom stereocenters. The molecule has 5 nitrogen and oxygen atoms in total. The number of benzene rings is 1. The van der Waals surface area contributed by atoms with Crippen LogP contribution >= 0.6 is 11.5 Å². The van der Waals surface area contributed by atoms with E-state index in [9.17, 15) is 0 Å². The van der Waals surface area contributed by atoms with E-state index in [4.69, 9.17) is 15.2 Å². The van der Waals surface area contributed by atoms with Crippen molar-refractivity contribution in [1.82, 2.24) is 9.59 Å². The molecular weight excluding hydrogens is 262 g/mol. The van der Waals surface area contributed by atoms with Crippen LogP contribution in [-0.2, 0) is 0 Å². The summed E-state index contributed by atoms with van der Waals surface area (Å²) in [6.45, 7) is 5.06. The minimum absolute atomic E-state index is 0.298. The van der Waals surface area contributed by atoms with Crippen LogP contribution in [0.1, 0.15) is 31.1 Å². The van der Waals surface area contributed by atoms with Gasteiger partial charge in [0.05, 0.1) is 24.9 Å². The summed E-state index contributed by atoms with van der Waals surface area (Å²) in [7, 11) is 0. The second-order valence-corrected chi connectivity index (χ2v) is 4.49. The molecule has 0 aliphatic carbocycles. The molecule has 1 unspecified atom stereocenters. The Kier molecular flexibility index (Phi) is 4.70. The average molecular weight is 279 g/mol. The first-order chi connectivity index (χ1) is 9.26. The first kappa shape index (κ1) is 13.8. The van der Waals surface area contributed by atoms with Crippen LogP contribution < -0.4 is 15.2 Å². The standard InChI is InChI=1S/C13H17N3O2S/c1-3-17-11-6-5-9(7-12(11)18-4-2)13(14)10-8-19-16-15-10/h5-8,13H,3-4,14H2,1-2H3. The topological polar surface area (TPSA) is 70.3 Å². The molecule has 1 aromatic carbocycles. The van der Waals surface area contributed by atoms with E-state index in [2.05, 4.69) is 9.59 Å². The quantitative estimate of drug-likeness (QED) is 0.879. The zero-order chi connectivity index (χ0) is 13.7. The van der Waals surface area contributed by atoms with Crippen LogP contribution in [0.25, 0.3) is 0 Å². The highest BCUT2D eigenvalue weighted by Crippen LogP contribution is 2.31. The van der Waals surface area contributed by atoms with Crippen LogP contribution in [-0.4, -0.2) is 22.8 Å². The number of rotatable bonds is 6. The monoisotopic (exact) mass is 279 g/mol. The lowest BCUT2D eigenvalue weighted by atomic mass is 10.0. The minimum atomic E-state index is -0.298. The fourth-order valence-corrected chi connectivity index (χ4v) is 2.23. The third-order valence-corrected chi connectivity index (χ3v) is 3.14. The fourth-order valence-electron chi connectivity index (χ4n) is 1.74. The Balaban J connectivity index is 2.29. The minimum Gasteiger partial charge on any atom is -0.490 e. The second-order valence-electron chi connectivity index (χ2n) is 3.88. The Bertz CT molecular complexity index is 517. The lowest BCUT2D eigenvalue weighted by Gasteiger charge is -2.14. The van der Waals surface area contributed by atoms with Gasteiger partial charge in [0.25, 0.3) is 0 Å². The third-order valence-electron chi connectivity index (χ3n) is 2.62. The molecular formula is C13H17N3O2S. The zero-order valence-electron chi connectivity index (χ0n) is 11.0. The second kappa shape index (κ2) is 6.49. The van der Waals surface area contributed by atoms with Crippen LogP contribution in [0, 0.1) is 0 Å². The van der Waals surface area contributed by atoms with Crippen LogP contribution in [0.15, 0.2) is 23.6 Å². The largest absolute Gasteiger partial charge is 0.490 e. The molecule has 0 saturated heterocycles. The maximum Gasteiger partial charge on any atom is 0.161 e. The lowest BCUT2D eigenvalue weighted by molar-refractivity contribution is 0.287. The van der Waals surface area contributed by atoms with Gasteiger partial charge in [-0.25, -0.2) is 0 Å². The number of nitrogens with two attached hydrogens (primary N) is 1. The lowest BCUT2D eigenvalue weighted by Crippen LogP contribution is -2.12. The van der Waals surface area contributed by atoms with Gasteiger partial charge in [-0.3, -0.25) is 0 Å². The molecule has 0 amide bonds. The molecule has 0 spiro atoms. The number of hydrogen-bond acceptors (Lipinski definition) is 6. The summed E-state index contributed by atoms with van der Waals surface area (Å²) >= 11 is 1.29. The Morgan fingerprint density at radius 2 is 1.95 bits per heavy atom. The Labute approximate surface area is 116 Å². The van der Waals surface area contributed by atoms with E-state index in [-0.39, 0.29) is 6.04 Å². The van der Waals surface area contributed by atoms with E-state index in [0.29, 0.717) is 19.0 Å². The van der Waals surface area contributed by atoms with E-state index in [1.54, 1.807) is 0 Å². The van der Waals surface area contributed by atoms with Crippen LogP contribution in [0.2, 0.25) is 0 Å². The summed E-state index contributed by atoms with van der Waals surface area (Å²) in [5, 5.41) is 5.85. The van der Waals surface area contributed by atoms with E-state index in [1.807, 2.05) is 37.4 Å². The Morgan fingerprint density at radius 1 is 1.21 bits per heavy atom. The summed E-state index contributed by atoms with van der Waals surface area (Å²) in [6, 6.07) is 5.41. The highest BCUT2D eigenvalue weighted by molar-refractivity contribution is 7.03. The van der Waals surface area contributed by atoms with Crippen molar-refractivity contribution in [2.45, 2.75) is 19.9 Å². The van der Waals surface area contributed by atoms with Gasteiger partial charge in [0.15, 0.2) is 11.5 Å². The number of aromatic nitrogens is 2. The van der Waals surface area contributed by atoms with Gasteiger partial charge >= 0.3 is 0 Å². The van der Waals surface area contributed by atoms with Gasteiger partial charge in [-0.1, -0.05) is 10.6 Å². The summed E-state index contributed by atoms with van der Waals surface area (Å²) in [4.78, 5) is 0. The predicted molar refractivity (Wildman–Crippen MR) is 74.7 cm³/mol. The smallest absolute Gasteiger partial charge is 0.161 e. The van der Waals surface area contributed by atoms with E-state index < -0.39 is 0 Å². The normalized spacial score (nSPS) is 12.2. The van der Waals surface area contributed by atoms with Crippen molar-refractivity contribution in [3.8, 4) is 11.5 Å². The van der Waals surface area contributed by atoms with Crippen LogP contribution in [0.4, 0.5) is 0 Å². The molecule has 0 radical (unpaired) electrons. The van der Waals surface area contributed by atoms with Gasteiger partial charge in [0, 0.05) is 5.38 Å². The van der Waals surface area contributed by atoms with Crippen molar-refractivity contribution in [3.63, 3.8) is 0 Å². The molecule has 6 heteroatoms. The van der Waals surface area contributed by atoms with Gasteiger partial charge in [0.2, 0.25) is 0 Å². The maximum atomic E-state index is 6.16. The predicted octanol–water partition coefficient (Wildman–Crippen LogP) is 2.38. The molecule has 0 bridgehead atoms. The number of nitrogens with zero attached hydrogens (tertiary/aromatic N) is 2. The highest BCUT2D eigenvalue weighted by atomic mass is 32.1. The molecule has 0 fully saturated rings. The molecule has 0 aliphatic rings. The molecule has 0 aliphatic heterocycles. The number of ether oxygens (including phenoxy) is 2. The molecule has 1 heterocycles. The average Bonchev–Trinajstić information content (AvgIpc) is 2.94. The fraction of sp³-hybridized carbons (Fsp3) is 0.385. The third kappa shape index (κ3) is 3.21. The zero-order valence-corrected chi connectivity index (χ0v) is 11.8. The highest BCUT2D eigenvalue weighted by Gasteiger charge is 2.15. The van der Waals surface area contributed by atoms with Crippen molar-refractivity contribution < 1.29 is 9.47 Å². The summed E-state index contributed by atoms with van der Waals surface area (Å²) in [5.74, 6) is 1.44. The van der Waals surface area contributed by atoms with Crippen molar-refractivity contribution in [1.29, 1.82) is 0 Å². The van der Waals surface area contributed by atoms with Crippen molar-refractivity contribution in [3.05, 3.63) is 34.8 Å². The summed E-state index contributed by atoms with van der Waals surface area (Å²) in [5.41, 5.74) is 7.85. The molecule has 19 heavy (non-hydrogen) atoms. The molecule has 102 valence electrons. The SMILES string of the molecule is CCOc1ccc(C(N)c2csnn2)cc1OCC. The van der Waals surface area contributed by atoms with E-state index in [0.717, 1.165) is 17.0 Å². The Morgan fingerprint density at radius 3 is 2.58 bits per heavy atom. The molecule has 1 aromatic heterocycles. The van der Waals surface area contributed by atoms with Gasteiger partial charge < -0.3 is 15.2 Å². The first-order valence-corrected chi connectivity index (χ1v) is 7.02. The molecule has 2 rings (SSSR count). The van der Waals surface area contributed by atoms with Gasteiger partial charge in [-0.05, 0) is 43.1 Å². The van der Waals surface area contributed by atoms with Gasteiger partial charge in [-0.15, -0.1) is 5.10 Å². The van der Waals surface area contributed by atoms with Crippen molar-refractivity contribution in [2.75, 3.05) is 13.2 Å². The first-order valence-electron chi connectivity index (χ1n) is 6.18. The van der Waals surface area contributed by atoms with Gasteiger partial charge in [0.1, 0.15) is 0 Å². The Hall–Kier alpha value is -1.66. The van der Waals surface area contributed by atoms with Crippen molar-refractivity contribution in [2.24, 2.45) is 5.73 Å². The van der Waals surface area contributed by atoms with Crippen LogP contribution in [0.3, 0.4) is 0 Å². The molecule has 2 aromatic rings. The number of hydrogen-bond donors (Lipinski definition) is 1. The summed E-state index contributed by atoms with van der Waals surface area (Å²) in [6.07, 6.45) is 0. The molecule has 2 N–H and O–H groups in total. The summed E-state index contributed by atoms with van der Waals surface area (Å²) < 4.78 is 14.9. The van der Waals surface area contributed by atoms with Crippen LogP contribution in [0.5, 0.6) is 11.5 Å². The maximum absolute atomic E-state index is 6.16. The molecule has 0 saturated carbocycles. The van der Waals surface area contributed by atoms with E-state index in [1.165, 1.54) is 11.5 Å². The van der Waals surface area contributed by atoms with E-state index >= 15 is 0 Å². The van der Waals surface area contributed by atoms with Crippen molar-refractivity contribution >= 4 is 11.5 Å². The van der Waals surface area contributed by atoms with Gasteiger partial charge in [-0.2, -0.15) is 0 Å².